The Balaban J connectivity index is 2.41. The maximum atomic E-state index is 12.0. The highest BCUT2D eigenvalue weighted by Gasteiger charge is 2.11. The van der Waals surface area contributed by atoms with Crippen LogP contribution in [0.4, 0.5) is 0 Å². The van der Waals surface area contributed by atoms with E-state index in [1.165, 1.54) is 0 Å². The average Bonchev–Trinajstić information content (AvgIpc) is 2.86. The Hall–Kier alpha value is -2.56. The lowest BCUT2D eigenvalue weighted by Crippen LogP contribution is -2.11. The maximum Gasteiger partial charge on any atom is 0.356 e. The summed E-state index contributed by atoms with van der Waals surface area (Å²) >= 11 is 0. The summed E-state index contributed by atoms with van der Waals surface area (Å²) in [6, 6.07) is 7.90. The molecule has 0 atom stereocenters. The van der Waals surface area contributed by atoms with Gasteiger partial charge in [0.15, 0.2) is 5.70 Å². The van der Waals surface area contributed by atoms with E-state index in [1.807, 2.05) is 44.6 Å². The van der Waals surface area contributed by atoms with Crippen molar-refractivity contribution in [3.63, 3.8) is 0 Å². The van der Waals surface area contributed by atoms with Crippen molar-refractivity contribution in [2.24, 2.45) is 4.99 Å². The van der Waals surface area contributed by atoms with Crippen molar-refractivity contribution in [2.45, 2.75) is 6.92 Å². The Bertz CT molecular complexity index is 684. The van der Waals surface area contributed by atoms with E-state index in [1.54, 1.807) is 24.2 Å². The van der Waals surface area contributed by atoms with Crippen molar-refractivity contribution in [3.05, 3.63) is 41.7 Å². The lowest BCUT2D eigenvalue weighted by Gasteiger charge is -2.05. The molecule has 1 heterocycles. The highest BCUT2D eigenvalue weighted by molar-refractivity contribution is 5.98. The second kappa shape index (κ2) is 6.74. The Morgan fingerprint density at radius 1 is 1.38 bits per heavy atom. The molecule has 0 saturated heterocycles. The van der Waals surface area contributed by atoms with Crippen molar-refractivity contribution >= 4 is 29.3 Å². The third kappa shape index (κ3) is 3.72. The number of rotatable bonds is 5. The molecule has 1 aromatic heterocycles. The van der Waals surface area contributed by atoms with Crippen LogP contribution in [0.5, 0.6) is 0 Å². The van der Waals surface area contributed by atoms with Crippen molar-refractivity contribution in [1.29, 1.82) is 0 Å². The van der Waals surface area contributed by atoms with Crippen LogP contribution in [0, 0.1) is 0 Å². The molecule has 0 amide bonds. The summed E-state index contributed by atoms with van der Waals surface area (Å²) < 4.78 is 5.05. The largest absolute Gasteiger partial charge is 0.461 e. The number of aliphatic imine (C=N–C) groups is 1. The maximum absolute atomic E-state index is 12.0. The molecule has 0 aliphatic heterocycles. The molecule has 2 aromatic rings. The van der Waals surface area contributed by atoms with Crippen LogP contribution in [-0.2, 0) is 9.53 Å². The van der Waals surface area contributed by atoms with E-state index in [-0.39, 0.29) is 5.70 Å². The van der Waals surface area contributed by atoms with Gasteiger partial charge >= 0.3 is 5.97 Å². The van der Waals surface area contributed by atoms with E-state index in [9.17, 15) is 4.79 Å². The number of aromatic nitrogens is 1. The average molecular weight is 285 g/mol. The zero-order valence-corrected chi connectivity index (χ0v) is 12.5. The normalized spacial score (nSPS) is 12.0. The van der Waals surface area contributed by atoms with Crippen LogP contribution in [0.2, 0.25) is 0 Å². The smallest absolute Gasteiger partial charge is 0.356 e. The Morgan fingerprint density at radius 2 is 2.14 bits per heavy atom. The lowest BCUT2D eigenvalue weighted by atomic mass is 10.1. The number of aromatic amines is 1. The molecule has 5 nitrogen and oxygen atoms in total. The number of para-hydroxylation sites is 1. The molecule has 1 aromatic carbocycles. The van der Waals surface area contributed by atoms with Gasteiger partial charge in [-0.25, -0.2) is 9.79 Å². The second-order valence-electron chi connectivity index (χ2n) is 4.75. The van der Waals surface area contributed by atoms with Crippen molar-refractivity contribution in [3.8, 4) is 0 Å². The topological polar surface area (TPSA) is 57.7 Å². The number of fused-ring (bicyclic) bond motifs is 1. The summed E-state index contributed by atoms with van der Waals surface area (Å²) in [6.07, 6.45) is 5.17. The van der Waals surface area contributed by atoms with Crippen molar-refractivity contribution in [1.82, 2.24) is 9.88 Å². The molecule has 110 valence electrons. The van der Waals surface area contributed by atoms with Crippen LogP contribution in [0.1, 0.15) is 12.5 Å². The molecule has 0 saturated carbocycles. The van der Waals surface area contributed by atoms with E-state index in [4.69, 9.17) is 4.74 Å². The zero-order valence-electron chi connectivity index (χ0n) is 12.5. The Kier molecular flexibility index (Phi) is 4.77. The number of esters is 1. The zero-order chi connectivity index (χ0) is 15.2. The first-order valence-electron chi connectivity index (χ1n) is 6.77. The standard InChI is InChI=1S/C16H19N3O2/c1-4-21-16(20)15(18-11-19(2)3)9-12-10-17-14-8-6-5-7-13(12)14/h5-11,17H,4H2,1-3H3. The van der Waals surface area contributed by atoms with Gasteiger partial charge in [0.25, 0.3) is 0 Å². The number of hydrogen-bond acceptors (Lipinski definition) is 3. The highest BCUT2D eigenvalue weighted by Crippen LogP contribution is 2.21. The van der Waals surface area contributed by atoms with Crippen LogP contribution < -0.4 is 0 Å². The molecule has 0 spiro atoms. The van der Waals surface area contributed by atoms with E-state index in [0.29, 0.717) is 6.61 Å². The number of nitrogens with zero attached hydrogens (tertiary/aromatic N) is 2. The van der Waals surface area contributed by atoms with Gasteiger partial charge < -0.3 is 14.6 Å². The molecule has 0 unspecified atom stereocenters. The van der Waals surface area contributed by atoms with E-state index < -0.39 is 5.97 Å². The van der Waals surface area contributed by atoms with E-state index in [0.717, 1.165) is 16.5 Å². The van der Waals surface area contributed by atoms with Gasteiger partial charge in [-0.15, -0.1) is 0 Å². The molecule has 2 rings (SSSR count). The molecule has 21 heavy (non-hydrogen) atoms. The summed E-state index contributed by atoms with van der Waals surface area (Å²) in [4.78, 5) is 21.1. The lowest BCUT2D eigenvalue weighted by molar-refractivity contribution is -0.138. The first-order valence-corrected chi connectivity index (χ1v) is 6.77. The number of nitrogens with one attached hydrogen (secondary N) is 1. The monoisotopic (exact) mass is 285 g/mol. The summed E-state index contributed by atoms with van der Waals surface area (Å²) in [6.45, 7) is 2.10. The van der Waals surface area contributed by atoms with Gasteiger partial charge in [0.2, 0.25) is 0 Å². The molecule has 1 N–H and O–H groups in total. The minimum absolute atomic E-state index is 0.273. The number of carbonyl (C=O) groups is 1. The van der Waals surface area contributed by atoms with Gasteiger partial charge in [-0.1, -0.05) is 18.2 Å². The molecule has 5 heteroatoms. The third-order valence-electron chi connectivity index (χ3n) is 2.83. The molecular formula is C16H19N3O2. The minimum atomic E-state index is -0.430. The van der Waals surface area contributed by atoms with Gasteiger partial charge in [-0.05, 0) is 19.1 Å². The fourth-order valence-corrected chi connectivity index (χ4v) is 1.89. The SMILES string of the molecule is CCOC(=O)C(=Cc1c[nH]c2ccccc12)N=CN(C)C. The minimum Gasteiger partial charge on any atom is -0.461 e. The van der Waals surface area contributed by atoms with Gasteiger partial charge in [-0.3, -0.25) is 0 Å². The molecule has 0 aliphatic carbocycles. The Morgan fingerprint density at radius 3 is 2.86 bits per heavy atom. The first-order chi connectivity index (χ1) is 10.1. The number of H-pyrrole nitrogens is 1. The number of hydrogen-bond donors (Lipinski definition) is 1. The van der Waals surface area contributed by atoms with Gasteiger partial charge in [-0.2, -0.15) is 0 Å². The van der Waals surface area contributed by atoms with Crippen LogP contribution in [0.25, 0.3) is 17.0 Å². The van der Waals surface area contributed by atoms with Crippen LogP contribution in [-0.4, -0.2) is 42.9 Å². The predicted molar refractivity (Wildman–Crippen MR) is 85.1 cm³/mol. The summed E-state index contributed by atoms with van der Waals surface area (Å²) in [7, 11) is 3.69. The Labute approximate surface area is 123 Å². The summed E-state index contributed by atoms with van der Waals surface area (Å²) in [5, 5.41) is 1.04. The van der Waals surface area contributed by atoms with Crippen LogP contribution in [0.15, 0.2) is 41.2 Å². The van der Waals surface area contributed by atoms with Gasteiger partial charge in [0.05, 0.1) is 12.9 Å². The number of ether oxygens (including phenoxy) is 1. The number of carbonyl (C=O) groups excluding carboxylic acids is 1. The van der Waals surface area contributed by atoms with Crippen molar-refractivity contribution in [2.75, 3.05) is 20.7 Å². The second-order valence-corrected chi connectivity index (χ2v) is 4.75. The molecule has 0 bridgehead atoms. The highest BCUT2D eigenvalue weighted by atomic mass is 16.5. The number of benzene rings is 1. The third-order valence-corrected chi connectivity index (χ3v) is 2.83. The van der Waals surface area contributed by atoms with E-state index in [2.05, 4.69) is 9.98 Å². The molecular weight excluding hydrogens is 266 g/mol. The van der Waals surface area contributed by atoms with Gasteiger partial charge in [0, 0.05) is 36.8 Å². The van der Waals surface area contributed by atoms with Crippen molar-refractivity contribution < 1.29 is 9.53 Å². The van der Waals surface area contributed by atoms with Gasteiger partial charge in [0.1, 0.15) is 0 Å². The summed E-state index contributed by atoms with van der Waals surface area (Å²) in [5.74, 6) is -0.430. The molecule has 0 aliphatic rings. The van der Waals surface area contributed by atoms with E-state index >= 15 is 0 Å². The molecule has 0 fully saturated rings. The quantitative estimate of drug-likeness (QED) is 0.398. The first kappa shape index (κ1) is 14.8. The molecule has 0 radical (unpaired) electrons. The fraction of sp³-hybridized carbons (Fsp3) is 0.250. The van der Waals surface area contributed by atoms with Crippen LogP contribution >= 0.6 is 0 Å². The predicted octanol–water partition coefficient (Wildman–Crippen LogP) is 2.66. The van der Waals surface area contributed by atoms with Crippen LogP contribution in [0.3, 0.4) is 0 Å². The fourth-order valence-electron chi connectivity index (χ4n) is 1.89. The summed E-state index contributed by atoms with van der Waals surface area (Å²) in [5.41, 5.74) is 2.20.